The summed E-state index contributed by atoms with van der Waals surface area (Å²) in [6.45, 7) is 1.16. The van der Waals surface area contributed by atoms with E-state index in [0.29, 0.717) is 0 Å². The van der Waals surface area contributed by atoms with Gasteiger partial charge in [0.05, 0.1) is 6.04 Å². The number of nitrogens with one attached hydrogen (secondary N) is 3. The molecule has 1 fully saturated rings. The summed E-state index contributed by atoms with van der Waals surface area (Å²) in [5, 5.41) is 12.8. The molecule has 0 bridgehead atoms. The fourth-order valence-corrected chi connectivity index (χ4v) is 2.83. The number of carbonyl (C=O) groups is 4. The minimum absolute atomic E-state index is 0.0753. The van der Waals surface area contributed by atoms with Gasteiger partial charge in [-0.3, -0.25) is 19.2 Å². The van der Waals surface area contributed by atoms with E-state index < -0.39 is 35.8 Å². The van der Waals surface area contributed by atoms with Crippen LogP contribution in [0.4, 0.5) is 5.13 Å². The predicted molar refractivity (Wildman–Crippen MR) is 95.5 cm³/mol. The van der Waals surface area contributed by atoms with Gasteiger partial charge < -0.3 is 25.5 Å². The van der Waals surface area contributed by atoms with Gasteiger partial charge in [-0.25, -0.2) is 4.98 Å². The van der Waals surface area contributed by atoms with E-state index in [1.165, 1.54) is 19.4 Å². The number of aromatic nitrogens is 1. The van der Waals surface area contributed by atoms with Crippen molar-refractivity contribution in [2.45, 2.75) is 19.0 Å². The molecule has 3 N–H and O–H groups in total. The summed E-state index contributed by atoms with van der Waals surface area (Å²) in [6.07, 6.45) is 0. The van der Waals surface area contributed by atoms with Crippen LogP contribution >= 0.6 is 22.9 Å². The van der Waals surface area contributed by atoms with E-state index in [2.05, 4.69) is 30.9 Å². The maximum absolute atomic E-state index is 12.5. The monoisotopic (exact) mass is 417 g/mol. The zero-order valence-electron chi connectivity index (χ0n) is 14.3. The topological polar surface area (TPSA) is 148 Å². The second-order valence-corrected chi connectivity index (χ2v) is 6.34. The number of ether oxygens (including phenoxy) is 1. The van der Waals surface area contributed by atoms with Crippen molar-refractivity contribution in [2.24, 2.45) is 5.16 Å². The number of alkyl halides is 1. The van der Waals surface area contributed by atoms with Gasteiger partial charge in [0.15, 0.2) is 10.8 Å². The third-order valence-electron chi connectivity index (χ3n) is 3.28. The molecule has 13 heteroatoms. The molecule has 0 aliphatic carbocycles. The lowest BCUT2D eigenvalue weighted by molar-refractivity contribution is -0.147. The number of hydrogen-bond donors (Lipinski definition) is 3. The van der Waals surface area contributed by atoms with E-state index in [1.807, 2.05) is 0 Å². The predicted octanol–water partition coefficient (Wildman–Crippen LogP) is -0.783. The Hall–Kier alpha value is -2.73. The summed E-state index contributed by atoms with van der Waals surface area (Å²) in [5.41, 5.74) is -0.0495. The number of esters is 1. The molecule has 0 unspecified atom stereocenters. The van der Waals surface area contributed by atoms with Gasteiger partial charge >= 0.3 is 5.97 Å². The highest BCUT2D eigenvalue weighted by Crippen LogP contribution is 2.17. The molecular formula is C14H16ClN5O6S. The van der Waals surface area contributed by atoms with E-state index in [4.69, 9.17) is 16.3 Å². The van der Waals surface area contributed by atoms with Crippen molar-refractivity contribution in [3.63, 3.8) is 0 Å². The Balaban J connectivity index is 2.07. The lowest BCUT2D eigenvalue weighted by atomic mass is 9.99. The van der Waals surface area contributed by atoms with Gasteiger partial charge in [-0.15, -0.1) is 22.9 Å². The Kier molecular flexibility index (Phi) is 7.07. The fraction of sp³-hybridized carbons (Fsp3) is 0.429. The third-order valence-corrected chi connectivity index (χ3v) is 4.28. The second-order valence-electron chi connectivity index (χ2n) is 5.21. The molecule has 0 aromatic carbocycles. The van der Waals surface area contributed by atoms with Crippen LogP contribution in [0, 0.1) is 0 Å². The number of halogens is 1. The number of carbonyl (C=O) groups excluding carboxylic acids is 4. The molecule has 146 valence electrons. The van der Waals surface area contributed by atoms with Crippen LogP contribution in [-0.2, 0) is 28.8 Å². The molecule has 27 heavy (non-hydrogen) atoms. The third kappa shape index (κ3) is 5.37. The standard InChI is InChI=1S/C14H16ClN5O6S/c1-6(21)26-4-7-10(12(23)16-7)19-13(24)11(20-25-2)8-5-27-14(17-8)18-9(22)3-15/h5,7,10H,3-4H2,1-2H3,(H,16,23)(H,19,24)(H,17,18,22)/t7-,10+/m0/s1. The number of thiazole rings is 1. The molecule has 1 aliphatic rings. The van der Waals surface area contributed by atoms with Gasteiger partial charge in [0.25, 0.3) is 5.91 Å². The Bertz CT molecular complexity index is 782. The van der Waals surface area contributed by atoms with Crippen LogP contribution in [0.1, 0.15) is 12.6 Å². The van der Waals surface area contributed by atoms with Crippen molar-refractivity contribution >= 4 is 57.5 Å². The summed E-state index contributed by atoms with van der Waals surface area (Å²) < 4.78 is 4.83. The Morgan fingerprint density at radius 3 is 2.78 bits per heavy atom. The average molecular weight is 418 g/mol. The van der Waals surface area contributed by atoms with Gasteiger partial charge in [-0.2, -0.15) is 0 Å². The van der Waals surface area contributed by atoms with E-state index in [-0.39, 0.29) is 29.0 Å². The number of oxime groups is 1. The van der Waals surface area contributed by atoms with E-state index >= 15 is 0 Å². The van der Waals surface area contributed by atoms with Crippen molar-refractivity contribution in [1.82, 2.24) is 15.6 Å². The van der Waals surface area contributed by atoms with Gasteiger partial charge in [0.2, 0.25) is 11.8 Å². The summed E-state index contributed by atoms with van der Waals surface area (Å²) in [7, 11) is 1.25. The molecule has 1 aromatic heterocycles. The number of nitrogens with zero attached hydrogens (tertiary/aromatic N) is 2. The zero-order chi connectivity index (χ0) is 20.0. The molecule has 0 radical (unpaired) electrons. The van der Waals surface area contributed by atoms with E-state index in [1.54, 1.807) is 0 Å². The number of amides is 3. The maximum Gasteiger partial charge on any atom is 0.302 e. The molecule has 0 saturated carbocycles. The quantitative estimate of drug-likeness (QED) is 0.165. The first kappa shape index (κ1) is 20.6. The van der Waals surface area contributed by atoms with Crippen molar-refractivity contribution in [3.8, 4) is 0 Å². The van der Waals surface area contributed by atoms with Crippen LogP contribution in [0.2, 0.25) is 0 Å². The lowest BCUT2D eigenvalue weighted by Gasteiger charge is -2.36. The van der Waals surface area contributed by atoms with E-state index in [9.17, 15) is 19.2 Å². The zero-order valence-corrected chi connectivity index (χ0v) is 15.8. The molecule has 2 rings (SSSR count). The summed E-state index contributed by atoms with van der Waals surface area (Å²) in [5.74, 6) is -2.34. The van der Waals surface area contributed by atoms with Gasteiger partial charge in [0.1, 0.15) is 31.3 Å². The maximum atomic E-state index is 12.5. The highest BCUT2D eigenvalue weighted by atomic mass is 35.5. The minimum Gasteiger partial charge on any atom is -0.464 e. The Morgan fingerprint density at radius 1 is 1.44 bits per heavy atom. The van der Waals surface area contributed by atoms with Crippen LogP contribution in [0.25, 0.3) is 0 Å². The van der Waals surface area contributed by atoms with E-state index in [0.717, 1.165) is 11.3 Å². The van der Waals surface area contributed by atoms with Gasteiger partial charge in [0, 0.05) is 12.3 Å². The van der Waals surface area contributed by atoms with Crippen molar-refractivity contribution in [3.05, 3.63) is 11.1 Å². The van der Waals surface area contributed by atoms with Crippen molar-refractivity contribution < 1.29 is 28.8 Å². The first-order valence-corrected chi connectivity index (χ1v) is 8.94. The Labute approximate surface area is 162 Å². The molecular weight excluding hydrogens is 402 g/mol. The number of anilines is 1. The fourth-order valence-electron chi connectivity index (χ4n) is 2.05. The largest absolute Gasteiger partial charge is 0.464 e. The highest BCUT2D eigenvalue weighted by Gasteiger charge is 2.42. The molecule has 1 aliphatic heterocycles. The first-order chi connectivity index (χ1) is 12.8. The smallest absolute Gasteiger partial charge is 0.302 e. The van der Waals surface area contributed by atoms with Gasteiger partial charge in [-0.1, -0.05) is 5.16 Å². The SMILES string of the molecule is CON=C(C(=O)N[C@H]1C(=O)N[C@H]1COC(C)=O)c1csc(NC(=O)CCl)n1. The number of β-lactam (4-membered cyclic amide) rings is 1. The lowest BCUT2D eigenvalue weighted by Crippen LogP contribution is -2.71. The summed E-state index contributed by atoms with van der Waals surface area (Å²) in [4.78, 5) is 55.1. The molecule has 1 saturated heterocycles. The van der Waals surface area contributed by atoms with Crippen LogP contribution in [0.5, 0.6) is 0 Å². The first-order valence-electron chi connectivity index (χ1n) is 7.53. The highest BCUT2D eigenvalue weighted by molar-refractivity contribution is 7.14. The van der Waals surface area contributed by atoms with Crippen molar-refractivity contribution in [1.29, 1.82) is 0 Å². The van der Waals surface area contributed by atoms with Crippen LogP contribution in [0.15, 0.2) is 10.5 Å². The van der Waals surface area contributed by atoms with Crippen LogP contribution in [-0.4, -0.2) is 66.1 Å². The molecule has 2 heterocycles. The molecule has 2 atom stereocenters. The average Bonchev–Trinajstić information content (AvgIpc) is 3.08. The van der Waals surface area contributed by atoms with Crippen LogP contribution < -0.4 is 16.0 Å². The number of rotatable bonds is 8. The molecule has 11 nitrogen and oxygen atoms in total. The van der Waals surface area contributed by atoms with Crippen molar-refractivity contribution in [2.75, 3.05) is 24.9 Å². The molecule has 1 aromatic rings. The summed E-state index contributed by atoms with van der Waals surface area (Å²) >= 11 is 6.47. The summed E-state index contributed by atoms with van der Waals surface area (Å²) in [6, 6.07) is -1.45. The second kappa shape index (κ2) is 9.28. The molecule has 0 spiro atoms. The minimum atomic E-state index is -0.895. The Morgan fingerprint density at radius 2 is 2.19 bits per heavy atom. The van der Waals surface area contributed by atoms with Gasteiger partial charge in [-0.05, 0) is 0 Å². The van der Waals surface area contributed by atoms with Crippen LogP contribution in [0.3, 0.4) is 0 Å². The molecule has 3 amide bonds. The normalized spacial score (nSPS) is 18.8. The number of hydrogen-bond acceptors (Lipinski definition) is 9.